The zero-order valence-corrected chi connectivity index (χ0v) is 19.3. The molecule has 0 fully saturated rings. The monoisotopic (exact) mass is 444 g/mol. The molecular weight excluding hydrogens is 424 g/mol. The highest BCUT2D eigenvalue weighted by Gasteiger charge is 2.48. The molecule has 0 amide bonds. The first-order valence-corrected chi connectivity index (χ1v) is 13.3. The predicted octanol–water partition coefficient (Wildman–Crippen LogP) is 5.36. The van der Waals surface area contributed by atoms with E-state index in [4.69, 9.17) is 11.6 Å². The average molecular weight is 445 g/mol. The molecule has 0 atom stereocenters. The highest BCUT2D eigenvalue weighted by molar-refractivity contribution is 7.22. The molecule has 6 rings (SSSR count). The average Bonchev–Trinajstić information content (AvgIpc) is 3.16. The predicted molar refractivity (Wildman–Crippen MR) is 139 cm³/mol. The van der Waals surface area contributed by atoms with Gasteiger partial charge in [-0.15, -0.1) is 0 Å². The summed E-state index contributed by atoms with van der Waals surface area (Å²) in [6, 6.07) is 46.2. The molecule has 0 aliphatic carbocycles. The van der Waals surface area contributed by atoms with Gasteiger partial charge in [0.05, 0.1) is 0 Å². The first kappa shape index (κ1) is 19.3. The van der Waals surface area contributed by atoms with Crippen LogP contribution in [0, 0.1) is 0 Å². The molecule has 0 saturated carbocycles. The van der Waals surface area contributed by atoms with Crippen LogP contribution in [-0.2, 0) is 0 Å². The van der Waals surface area contributed by atoms with Crippen LogP contribution >= 0.6 is 11.6 Å². The third kappa shape index (κ3) is 2.75. The van der Waals surface area contributed by atoms with Gasteiger partial charge in [0, 0.05) is 10.6 Å². The van der Waals surface area contributed by atoms with Crippen molar-refractivity contribution in [3.63, 3.8) is 0 Å². The van der Waals surface area contributed by atoms with Gasteiger partial charge in [0.2, 0.25) is 0 Å². The minimum atomic E-state index is -2.45. The molecule has 0 N–H and O–H groups in total. The lowest BCUT2D eigenvalue weighted by atomic mass is 10.0. The van der Waals surface area contributed by atoms with Crippen LogP contribution in [0.25, 0.3) is 22.3 Å². The Balaban J connectivity index is 1.74. The lowest BCUT2D eigenvalue weighted by molar-refractivity contribution is 1.63. The van der Waals surface area contributed by atoms with Crippen LogP contribution in [-0.4, -0.2) is 8.07 Å². The van der Waals surface area contributed by atoms with E-state index in [1.165, 1.54) is 37.4 Å². The van der Waals surface area contributed by atoms with E-state index >= 15 is 0 Å². The van der Waals surface area contributed by atoms with Crippen molar-refractivity contribution >= 4 is 40.4 Å². The van der Waals surface area contributed by atoms with Crippen molar-refractivity contribution in [3.05, 3.63) is 132 Å². The summed E-state index contributed by atoms with van der Waals surface area (Å²) in [5.74, 6) is 0. The SMILES string of the molecule is Clc1ccccc1-c1ccc2c(c1)[Si](c1ccccc1)(c1ccccc1)c1ccccc1-2. The second kappa shape index (κ2) is 7.63. The van der Waals surface area contributed by atoms with Crippen LogP contribution in [0.15, 0.2) is 127 Å². The van der Waals surface area contributed by atoms with Gasteiger partial charge in [0.25, 0.3) is 0 Å². The third-order valence-electron chi connectivity index (χ3n) is 6.64. The van der Waals surface area contributed by atoms with E-state index in [9.17, 15) is 0 Å². The molecule has 32 heavy (non-hydrogen) atoms. The fourth-order valence-corrected chi connectivity index (χ4v) is 10.8. The molecule has 0 radical (unpaired) electrons. The van der Waals surface area contributed by atoms with Crippen LogP contribution in [0.2, 0.25) is 5.02 Å². The number of halogens is 1. The van der Waals surface area contributed by atoms with Gasteiger partial charge in [-0.1, -0.05) is 133 Å². The molecule has 152 valence electrons. The van der Waals surface area contributed by atoms with Gasteiger partial charge in [0.15, 0.2) is 8.07 Å². The molecule has 0 spiro atoms. The van der Waals surface area contributed by atoms with Crippen LogP contribution in [0.5, 0.6) is 0 Å². The molecule has 1 aliphatic rings. The van der Waals surface area contributed by atoms with Gasteiger partial charge in [-0.3, -0.25) is 0 Å². The van der Waals surface area contributed by atoms with Gasteiger partial charge in [-0.25, -0.2) is 0 Å². The second-order valence-corrected chi connectivity index (χ2v) is 12.4. The van der Waals surface area contributed by atoms with Crippen molar-refractivity contribution < 1.29 is 0 Å². The molecular formula is C30H21ClSi. The Hall–Kier alpha value is -3.39. The van der Waals surface area contributed by atoms with E-state index in [1.54, 1.807) is 0 Å². The zero-order valence-electron chi connectivity index (χ0n) is 17.5. The van der Waals surface area contributed by atoms with Crippen molar-refractivity contribution in [3.8, 4) is 22.3 Å². The highest BCUT2D eigenvalue weighted by Crippen LogP contribution is 2.33. The number of benzene rings is 5. The summed E-state index contributed by atoms with van der Waals surface area (Å²) in [4.78, 5) is 0. The third-order valence-corrected chi connectivity index (χ3v) is 11.8. The summed E-state index contributed by atoms with van der Waals surface area (Å²) < 4.78 is 0. The minimum absolute atomic E-state index is 0.787. The summed E-state index contributed by atoms with van der Waals surface area (Å²) in [6.45, 7) is 0. The first-order chi connectivity index (χ1) is 15.8. The smallest absolute Gasteiger partial charge is 0.0837 e. The van der Waals surface area contributed by atoms with Crippen LogP contribution in [0.3, 0.4) is 0 Å². The van der Waals surface area contributed by atoms with E-state index in [1.807, 2.05) is 12.1 Å². The minimum Gasteiger partial charge on any atom is -0.0837 e. The molecule has 5 aromatic rings. The maximum atomic E-state index is 6.62. The van der Waals surface area contributed by atoms with Crippen LogP contribution in [0.1, 0.15) is 0 Å². The van der Waals surface area contributed by atoms with Gasteiger partial charge >= 0.3 is 0 Å². The van der Waals surface area contributed by atoms with Gasteiger partial charge < -0.3 is 0 Å². The van der Waals surface area contributed by atoms with Crippen molar-refractivity contribution in [2.75, 3.05) is 0 Å². The fourth-order valence-electron chi connectivity index (χ4n) is 5.31. The second-order valence-electron chi connectivity index (χ2n) is 8.27. The molecule has 0 saturated heterocycles. The highest BCUT2D eigenvalue weighted by atomic mass is 35.5. The van der Waals surface area contributed by atoms with Gasteiger partial charge in [-0.05, 0) is 43.5 Å². The van der Waals surface area contributed by atoms with Gasteiger partial charge in [-0.2, -0.15) is 0 Å². The number of fused-ring (bicyclic) bond motifs is 3. The quantitative estimate of drug-likeness (QED) is 0.322. The Morgan fingerprint density at radius 2 is 0.969 bits per heavy atom. The Morgan fingerprint density at radius 3 is 1.62 bits per heavy atom. The lowest BCUT2D eigenvalue weighted by Gasteiger charge is -2.31. The maximum absolute atomic E-state index is 6.62. The molecule has 0 nitrogen and oxygen atoms in total. The summed E-state index contributed by atoms with van der Waals surface area (Å²) in [5.41, 5.74) is 4.95. The van der Waals surface area contributed by atoms with E-state index < -0.39 is 8.07 Å². The Kier molecular flexibility index (Phi) is 4.60. The van der Waals surface area contributed by atoms with Crippen molar-refractivity contribution in [1.82, 2.24) is 0 Å². The molecule has 1 aliphatic heterocycles. The number of rotatable bonds is 3. The molecule has 5 aromatic carbocycles. The normalized spacial score (nSPS) is 13.4. The number of hydrogen-bond donors (Lipinski definition) is 0. The molecule has 0 aromatic heterocycles. The summed E-state index contributed by atoms with van der Waals surface area (Å²) in [7, 11) is -2.45. The van der Waals surface area contributed by atoms with E-state index in [-0.39, 0.29) is 0 Å². The van der Waals surface area contributed by atoms with Crippen molar-refractivity contribution in [2.45, 2.75) is 0 Å². The van der Waals surface area contributed by atoms with E-state index in [2.05, 4.69) is 115 Å². The van der Waals surface area contributed by atoms with Crippen LogP contribution in [0.4, 0.5) is 0 Å². The molecule has 0 bridgehead atoms. The summed E-state index contributed by atoms with van der Waals surface area (Å²) in [5, 5.41) is 6.51. The standard InChI is InChI=1S/C30H21ClSi/c31-28-17-9-7-15-25(28)22-19-20-27-26-16-8-10-18-29(26)32(30(27)21-22,23-11-3-1-4-12-23)24-13-5-2-6-14-24/h1-21H. The molecule has 2 heteroatoms. The topological polar surface area (TPSA) is 0 Å². The summed E-state index contributed by atoms with van der Waals surface area (Å²) >= 11 is 6.62. The fraction of sp³-hybridized carbons (Fsp3) is 0. The molecule has 1 heterocycles. The first-order valence-electron chi connectivity index (χ1n) is 10.9. The number of hydrogen-bond acceptors (Lipinski definition) is 0. The lowest BCUT2D eigenvalue weighted by Crippen LogP contribution is -2.72. The van der Waals surface area contributed by atoms with Crippen molar-refractivity contribution in [2.24, 2.45) is 0 Å². The Morgan fingerprint density at radius 1 is 0.438 bits per heavy atom. The zero-order chi connectivity index (χ0) is 21.5. The molecule has 0 unspecified atom stereocenters. The maximum Gasteiger partial charge on any atom is 0.180 e. The van der Waals surface area contributed by atoms with Crippen molar-refractivity contribution in [1.29, 1.82) is 0 Å². The van der Waals surface area contributed by atoms with Crippen LogP contribution < -0.4 is 20.7 Å². The van der Waals surface area contributed by atoms with E-state index in [0.717, 1.165) is 10.6 Å². The Labute approximate surface area is 194 Å². The van der Waals surface area contributed by atoms with E-state index in [0.29, 0.717) is 0 Å². The largest absolute Gasteiger partial charge is 0.180 e. The summed E-state index contributed by atoms with van der Waals surface area (Å²) in [6.07, 6.45) is 0. The van der Waals surface area contributed by atoms with Gasteiger partial charge in [0.1, 0.15) is 0 Å². The Bertz CT molecular complexity index is 1380.